The van der Waals surface area contributed by atoms with Crippen LogP contribution < -0.4 is 10.1 Å². The molecule has 1 aromatic carbocycles. The molecular formula is C14H20FNO3. The molecular weight excluding hydrogens is 249 g/mol. The summed E-state index contributed by atoms with van der Waals surface area (Å²) in [4.78, 5) is 11.3. The van der Waals surface area contributed by atoms with Gasteiger partial charge in [-0.3, -0.25) is 0 Å². The lowest BCUT2D eigenvalue weighted by Crippen LogP contribution is -2.33. The van der Waals surface area contributed by atoms with Gasteiger partial charge in [-0.05, 0) is 51.5 Å². The number of benzene rings is 1. The summed E-state index contributed by atoms with van der Waals surface area (Å²) in [6.07, 6.45) is 0.214. The predicted octanol–water partition coefficient (Wildman–Crippen LogP) is 3.12. The Bertz CT molecular complexity index is 398. The van der Waals surface area contributed by atoms with E-state index in [1.54, 1.807) is 12.1 Å². The molecule has 1 rings (SSSR count). The third kappa shape index (κ3) is 7.28. The monoisotopic (exact) mass is 269 g/mol. The fourth-order valence-electron chi connectivity index (χ4n) is 1.30. The molecule has 0 atom stereocenters. The number of carbonyl (C=O) groups excluding carboxylic acids is 1. The van der Waals surface area contributed by atoms with E-state index >= 15 is 0 Å². The maximum Gasteiger partial charge on any atom is 0.407 e. The first-order chi connectivity index (χ1) is 8.87. The normalized spacial score (nSPS) is 10.9. The zero-order valence-corrected chi connectivity index (χ0v) is 11.5. The fourth-order valence-corrected chi connectivity index (χ4v) is 1.30. The van der Waals surface area contributed by atoms with E-state index < -0.39 is 11.7 Å². The van der Waals surface area contributed by atoms with Crippen molar-refractivity contribution in [3.8, 4) is 5.75 Å². The van der Waals surface area contributed by atoms with Gasteiger partial charge in [-0.1, -0.05) is 0 Å². The predicted molar refractivity (Wildman–Crippen MR) is 70.7 cm³/mol. The Morgan fingerprint density at radius 3 is 2.47 bits per heavy atom. The smallest absolute Gasteiger partial charge is 0.407 e. The van der Waals surface area contributed by atoms with E-state index in [4.69, 9.17) is 9.47 Å². The molecule has 0 aliphatic heterocycles. The first-order valence-electron chi connectivity index (χ1n) is 6.22. The number of hydrogen-bond donors (Lipinski definition) is 1. The number of halogens is 1. The van der Waals surface area contributed by atoms with Crippen molar-refractivity contribution < 1.29 is 18.7 Å². The van der Waals surface area contributed by atoms with Crippen molar-refractivity contribution in [1.82, 2.24) is 5.32 Å². The van der Waals surface area contributed by atoms with Gasteiger partial charge in [0, 0.05) is 6.54 Å². The average molecular weight is 269 g/mol. The zero-order chi connectivity index (χ0) is 14.3. The largest absolute Gasteiger partial charge is 0.494 e. The standard InChI is InChI=1S/C14H20FNO3/c1-14(2,3)19-13(17)16-9-4-10-18-12-7-5-11(15)6-8-12/h5-8H,4,9-10H2,1-3H3,(H,16,17). The lowest BCUT2D eigenvalue weighted by Gasteiger charge is -2.19. The highest BCUT2D eigenvalue weighted by atomic mass is 19.1. The number of amides is 1. The average Bonchev–Trinajstić information content (AvgIpc) is 2.29. The molecule has 0 aliphatic carbocycles. The molecule has 1 aromatic rings. The highest BCUT2D eigenvalue weighted by Gasteiger charge is 2.15. The zero-order valence-electron chi connectivity index (χ0n) is 11.5. The summed E-state index contributed by atoms with van der Waals surface area (Å²) in [6.45, 7) is 6.34. The van der Waals surface area contributed by atoms with E-state index in [-0.39, 0.29) is 5.82 Å². The summed E-state index contributed by atoms with van der Waals surface area (Å²) in [5.41, 5.74) is -0.491. The van der Waals surface area contributed by atoms with Crippen LogP contribution in [0.4, 0.5) is 9.18 Å². The first kappa shape index (κ1) is 15.3. The molecule has 0 radical (unpaired) electrons. The van der Waals surface area contributed by atoms with Gasteiger partial charge in [0.15, 0.2) is 0 Å². The maximum atomic E-state index is 12.6. The van der Waals surface area contributed by atoms with Gasteiger partial charge in [0.2, 0.25) is 0 Å². The van der Waals surface area contributed by atoms with E-state index in [9.17, 15) is 9.18 Å². The van der Waals surface area contributed by atoms with Crippen molar-refractivity contribution in [1.29, 1.82) is 0 Å². The lowest BCUT2D eigenvalue weighted by molar-refractivity contribution is 0.0525. The quantitative estimate of drug-likeness (QED) is 0.835. The van der Waals surface area contributed by atoms with Crippen LogP contribution in [0, 0.1) is 5.82 Å². The maximum absolute atomic E-state index is 12.6. The number of ether oxygens (including phenoxy) is 2. The SMILES string of the molecule is CC(C)(C)OC(=O)NCCCOc1ccc(F)cc1. The van der Waals surface area contributed by atoms with Gasteiger partial charge in [0.25, 0.3) is 0 Å². The second kappa shape index (κ2) is 6.97. The van der Waals surface area contributed by atoms with Crippen molar-refractivity contribution in [3.05, 3.63) is 30.1 Å². The summed E-state index contributed by atoms with van der Waals surface area (Å²) >= 11 is 0. The molecule has 0 aliphatic rings. The molecule has 4 nitrogen and oxygen atoms in total. The van der Waals surface area contributed by atoms with Crippen LogP contribution in [-0.4, -0.2) is 24.8 Å². The topological polar surface area (TPSA) is 47.6 Å². The molecule has 0 aromatic heterocycles. The molecule has 0 bridgehead atoms. The Morgan fingerprint density at radius 2 is 1.89 bits per heavy atom. The van der Waals surface area contributed by atoms with Crippen LogP contribution in [0.5, 0.6) is 5.75 Å². The van der Waals surface area contributed by atoms with Crippen molar-refractivity contribution in [2.45, 2.75) is 32.8 Å². The molecule has 0 fully saturated rings. The minimum atomic E-state index is -0.491. The van der Waals surface area contributed by atoms with Crippen LogP contribution in [0.15, 0.2) is 24.3 Å². The van der Waals surface area contributed by atoms with Gasteiger partial charge in [0.1, 0.15) is 17.2 Å². The van der Waals surface area contributed by atoms with Crippen LogP contribution in [0.3, 0.4) is 0 Å². The Labute approximate surface area is 112 Å². The van der Waals surface area contributed by atoms with Crippen LogP contribution in [-0.2, 0) is 4.74 Å². The number of rotatable bonds is 5. The summed E-state index contributed by atoms with van der Waals surface area (Å²) in [7, 11) is 0. The number of carbonyl (C=O) groups is 1. The summed E-state index contributed by atoms with van der Waals surface area (Å²) in [6, 6.07) is 5.82. The van der Waals surface area contributed by atoms with Crippen molar-refractivity contribution in [2.24, 2.45) is 0 Å². The molecule has 19 heavy (non-hydrogen) atoms. The Hall–Kier alpha value is -1.78. The van der Waals surface area contributed by atoms with Gasteiger partial charge >= 0.3 is 6.09 Å². The Kier molecular flexibility index (Phi) is 5.60. The van der Waals surface area contributed by atoms with E-state index in [2.05, 4.69) is 5.32 Å². The second-order valence-electron chi connectivity index (χ2n) is 5.08. The molecule has 0 spiro atoms. The van der Waals surface area contributed by atoms with Crippen LogP contribution in [0.2, 0.25) is 0 Å². The van der Waals surface area contributed by atoms with E-state index in [0.29, 0.717) is 25.3 Å². The molecule has 1 amide bonds. The highest BCUT2D eigenvalue weighted by molar-refractivity contribution is 5.67. The highest BCUT2D eigenvalue weighted by Crippen LogP contribution is 2.11. The minimum absolute atomic E-state index is 0.293. The second-order valence-corrected chi connectivity index (χ2v) is 5.08. The van der Waals surface area contributed by atoms with Crippen LogP contribution in [0.25, 0.3) is 0 Å². The molecule has 1 N–H and O–H groups in total. The molecule has 106 valence electrons. The van der Waals surface area contributed by atoms with Crippen molar-refractivity contribution in [3.63, 3.8) is 0 Å². The van der Waals surface area contributed by atoms with Crippen LogP contribution in [0.1, 0.15) is 27.2 Å². The number of alkyl carbamates (subject to hydrolysis) is 1. The fraction of sp³-hybridized carbons (Fsp3) is 0.500. The molecule has 0 saturated carbocycles. The molecule has 0 unspecified atom stereocenters. The third-order valence-electron chi connectivity index (χ3n) is 2.07. The number of nitrogens with one attached hydrogen (secondary N) is 1. The molecule has 0 heterocycles. The molecule has 5 heteroatoms. The lowest BCUT2D eigenvalue weighted by atomic mass is 10.2. The number of hydrogen-bond acceptors (Lipinski definition) is 3. The van der Waals surface area contributed by atoms with Gasteiger partial charge in [-0.25, -0.2) is 9.18 Å². The Balaban J connectivity index is 2.11. The van der Waals surface area contributed by atoms with Gasteiger partial charge in [0.05, 0.1) is 6.61 Å². The van der Waals surface area contributed by atoms with Crippen molar-refractivity contribution >= 4 is 6.09 Å². The summed E-state index contributed by atoms with van der Waals surface area (Å²) < 4.78 is 23.1. The Morgan fingerprint density at radius 1 is 1.26 bits per heavy atom. The molecule has 0 saturated heterocycles. The van der Waals surface area contributed by atoms with E-state index in [0.717, 1.165) is 0 Å². The van der Waals surface area contributed by atoms with Gasteiger partial charge < -0.3 is 14.8 Å². The summed E-state index contributed by atoms with van der Waals surface area (Å²) in [5, 5.41) is 2.63. The first-order valence-corrected chi connectivity index (χ1v) is 6.22. The van der Waals surface area contributed by atoms with E-state index in [1.807, 2.05) is 20.8 Å². The van der Waals surface area contributed by atoms with E-state index in [1.165, 1.54) is 12.1 Å². The van der Waals surface area contributed by atoms with Crippen molar-refractivity contribution in [2.75, 3.05) is 13.2 Å². The third-order valence-corrected chi connectivity index (χ3v) is 2.07. The summed E-state index contributed by atoms with van der Waals surface area (Å²) in [5.74, 6) is 0.317. The van der Waals surface area contributed by atoms with Crippen LogP contribution >= 0.6 is 0 Å². The minimum Gasteiger partial charge on any atom is -0.494 e. The van der Waals surface area contributed by atoms with Gasteiger partial charge in [-0.15, -0.1) is 0 Å². The van der Waals surface area contributed by atoms with Gasteiger partial charge in [-0.2, -0.15) is 0 Å².